The molecule has 7 heteroatoms. The van der Waals surface area contributed by atoms with Crippen LogP contribution in [0.1, 0.15) is 24.2 Å². The number of rotatable bonds is 7. The molecule has 2 N–H and O–H groups in total. The van der Waals surface area contributed by atoms with E-state index in [1.807, 2.05) is 6.92 Å². The van der Waals surface area contributed by atoms with E-state index in [0.29, 0.717) is 19.0 Å². The van der Waals surface area contributed by atoms with Crippen LogP contribution >= 0.6 is 0 Å². The zero-order chi connectivity index (χ0) is 18.9. The predicted molar refractivity (Wildman–Crippen MR) is 95.3 cm³/mol. The molecule has 140 valence electrons. The van der Waals surface area contributed by atoms with Crippen molar-refractivity contribution in [3.8, 4) is 0 Å². The van der Waals surface area contributed by atoms with Crippen molar-refractivity contribution >= 4 is 5.96 Å². The zero-order valence-electron chi connectivity index (χ0n) is 14.7. The smallest absolute Gasteiger partial charge is 0.191 e. The zero-order valence-corrected chi connectivity index (χ0v) is 14.7. The SMILES string of the molecule is CCNC(=NCc1cc(F)ccc1F)NCC(OC)c1ccc(F)cc1. The molecule has 0 aliphatic rings. The Balaban J connectivity index is 2.04. The number of aliphatic imine (C=N–C) groups is 1. The summed E-state index contributed by atoms with van der Waals surface area (Å²) in [5.41, 5.74) is 0.984. The first-order valence-corrected chi connectivity index (χ1v) is 8.27. The number of halogens is 3. The molecule has 0 spiro atoms. The van der Waals surface area contributed by atoms with Gasteiger partial charge in [0, 0.05) is 25.8 Å². The van der Waals surface area contributed by atoms with Gasteiger partial charge in [-0.1, -0.05) is 12.1 Å². The Bertz CT molecular complexity index is 735. The van der Waals surface area contributed by atoms with Crippen molar-refractivity contribution in [2.75, 3.05) is 20.2 Å². The van der Waals surface area contributed by atoms with E-state index in [-0.39, 0.29) is 24.0 Å². The first-order valence-electron chi connectivity index (χ1n) is 8.27. The van der Waals surface area contributed by atoms with Gasteiger partial charge in [-0.3, -0.25) is 0 Å². The van der Waals surface area contributed by atoms with Crippen molar-refractivity contribution in [2.24, 2.45) is 4.99 Å². The molecule has 0 aliphatic carbocycles. The molecular weight excluding hydrogens is 343 g/mol. The second-order valence-corrected chi connectivity index (χ2v) is 5.59. The number of ether oxygens (including phenoxy) is 1. The molecule has 0 saturated heterocycles. The summed E-state index contributed by atoms with van der Waals surface area (Å²) in [5.74, 6) is -0.888. The number of benzene rings is 2. The number of methoxy groups -OCH3 is 1. The van der Waals surface area contributed by atoms with Gasteiger partial charge in [-0.15, -0.1) is 0 Å². The number of hydrogen-bond acceptors (Lipinski definition) is 2. The third kappa shape index (κ3) is 5.77. The molecule has 0 heterocycles. The minimum Gasteiger partial charge on any atom is -0.375 e. The van der Waals surface area contributed by atoms with E-state index in [4.69, 9.17) is 4.74 Å². The summed E-state index contributed by atoms with van der Waals surface area (Å²) in [5, 5.41) is 6.13. The summed E-state index contributed by atoms with van der Waals surface area (Å²) < 4.78 is 45.4. The molecule has 2 aromatic rings. The van der Waals surface area contributed by atoms with Crippen LogP contribution in [-0.4, -0.2) is 26.2 Å². The van der Waals surface area contributed by atoms with Gasteiger partial charge in [-0.05, 0) is 42.8 Å². The quantitative estimate of drug-likeness (QED) is 0.583. The van der Waals surface area contributed by atoms with Crippen LogP contribution in [0.3, 0.4) is 0 Å². The van der Waals surface area contributed by atoms with Gasteiger partial charge >= 0.3 is 0 Å². The minimum atomic E-state index is -0.509. The second-order valence-electron chi connectivity index (χ2n) is 5.59. The summed E-state index contributed by atoms with van der Waals surface area (Å²) in [6.45, 7) is 2.87. The molecule has 0 fully saturated rings. The molecule has 0 amide bonds. The second kappa shape index (κ2) is 9.82. The molecular formula is C19H22F3N3O. The summed E-state index contributed by atoms with van der Waals surface area (Å²) in [7, 11) is 1.56. The highest BCUT2D eigenvalue weighted by molar-refractivity contribution is 5.79. The molecule has 0 radical (unpaired) electrons. The summed E-state index contributed by atoms with van der Waals surface area (Å²) in [6, 6.07) is 9.31. The predicted octanol–water partition coefficient (Wildman–Crippen LogP) is 3.55. The van der Waals surface area contributed by atoms with Crippen LogP contribution in [0.4, 0.5) is 13.2 Å². The minimum absolute atomic E-state index is 0.00682. The van der Waals surface area contributed by atoms with Gasteiger partial charge < -0.3 is 15.4 Å². The molecule has 2 rings (SSSR count). The number of hydrogen-bond donors (Lipinski definition) is 2. The Hall–Kier alpha value is -2.54. The molecule has 0 bridgehead atoms. The highest BCUT2D eigenvalue weighted by atomic mass is 19.1. The molecule has 1 atom stereocenters. The Kier molecular flexibility index (Phi) is 7.47. The molecule has 0 aliphatic heterocycles. The van der Waals surface area contributed by atoms with Crippen molar-refractivity contribution in [3.05, 3.63) is 71.0 Å². The van der Waals surface area contributed by atoms with E-state index < -0.39 is 11.6 Å². The van der Waals surface area contributed by atoms with Crippen LogP contribution in [0.25, 0.3) is 0 Å². The van der Waals surface area contributed by atoms with E-state index in [0.717, 1.165) is 23.8 Å². The van der Waals surface area contributed by atoms with Crippen LogP contribution in [0, 0.1) is 17.5 Å². The van der Waals surface area contributed by atoms with Gasteiger partial charge in [-0.25, -0.2) is 18.2 Å². The Morgan fingerprint density at radius 1 is 1.04 bits per heavy atom. The van der Waals surface area contributed by atoms with Crippen LogP contribution in [0.5, 0.6) is 0 Å². The van der Waals surface area contributed by atoms with Gasteiger partial charge in [0.15, 0.2) is 5.96 Å². The van der Waals surface area contributed by atoms with E-state index >= 15 is 0 Å². The van der Waals surface area contributed by atoms with Crippen molar-refractivity contribution in [1.82, 2.24) is 10.6 Å². The van der Waals surface area contributed by atoms with Crippen LogP contribution in [0.15, 0.2) is 47.5 Å². The third-order valence-corrected chi connectivity index (χ3v) is 3.74. The fourth-order valence-electron chi connectivity index (χ4n) is 2.37. The van der Waals surface area contributed by atoms with Gasteiger partial charge in [0.2, 0.25) is 0 Å². The molecule has 2 aromatic carbocycles. The Morgan fingerprint density at radius 3 is 2.38 bits per heavy atom. The first-order chi connectivity index (χ1) is 12.5. The average molecular weight is 365 g/mol. The molecule has 4 nitrogen and oxygen atoms in total. The van der Waals surface area contributed by atoms with Crippen molar-refractivity contribution in [1.29, 1.82) is 0 Å². The third-order valence-electron chi connectivity index (χ3n) is 3.74. The van der Waals surface area contributed by atoms with Crippen LogP contribution in [-0.2, 0) is 11.3 Å². The molecule has 1 unspecified atom stereocenters. The largest absolute Gasteiger partial charge is 0.375 e. The topological polar surface area (TPSA) is 45.7 Å². The van der Waals surface area contributed by atoms with Crippen molar-refractivity contribution < 1.29 is 17.9 Å². The summed E-state index contributed by atoms with van der Waals surface area (Å²) in [4.78, 5) is 4.27. The fraction of sp³-hybridized carbons (Fsp3) is 0.316. The normalized spacial score (nSPS) is 12.7. The number of guanidine groups is 1. The lowest BCUT2D eigenvalue weighted by molar-refractivity contribution is 0.106. The maximum atomic E-state index is 13.7. The summed E-state index contributed by atoms with van der Waals surface area (Å²) in [6.07, 6.45) is -0.314. The van der Waals surface area contributed by atoms with E-state index in [2.05, 4.69) is 15.6 Å². The van der Waals surface area contributed by atoms with E-state index in [1.165, 1.54) is 12.1 Å². The van der Waals surface area contributed by atoms with Crippen LogP contribution in [0.2, 0.25) is 0 Å². The van der Waals surface area contributed by atoms with Gasteiger partial charge in [-0.2, -0.15) is 0 Å². The fourth-order valence-corrected chi connectivity index (χ4v) is 2.37. The van der Waals surface area contributed by atoms with Gasteiger partial charge in [0.25, 0.3) is 0 Å². The molecule has 26 heavy (non-hydrogen) atoms. The lowest BCUT2D eigenvalue weighted by Crippen LogP contribution is -2.39. The summed E-state index contributed by atoms with van der Waals surface area (Å²) >= 11 is 0. The molecule has 0 aromatic heterocycles. The first kappa shape index (κ1) is 19.8. The highest BCUT2D eigenvalue weighted by Gasteiger charge is 2.12. The lowest BCUT2D eigenvalue weighted by atomic mass is 10.1. The molecule has 0 saturated carbocycles. The van der Waals surface area contributed by atoms with Gasteiger partial charge in [0.1, 0.15) is 17.5 Å². The maximum Gasteiger partial charge on any atom is 0.191 e. The van der Waals surface area contributed by atoms with Crippen molar-refractivity contribution in [3.63, 3.8) is 0 Å². The van der Waals surface area contributed by atoms with E-state index in [9.17, 15) is 13.2 Å². The number of nitrogens with zero attached hydrogens (tertiary/aromatic N) is 1. The Labute approximate surface area is 151 Å². The van der Waals surface area contributed by atoms with Gasteiger partial charge in [0.05, 0.1) is 12.6 Å². The monoisotopic (exact) mass is 365 g/mol. The number of nitrogens with one attached hydrogen (secondary N) is 2. The lowest BCUT2D eigenvalue weighted by Gasteiger charge is -2.18. The maximum absolute atomic E-state index is 13.7. The van der Waals surface area contributed by atoms with E-state index in [1.54, 1.807) is 19.2 Å². The average Bonchev–Trinajstić information content (AvgIpc) is 2.64. The highest BCUT2D eigenvalue weighted by Crippen LogP contribution is 2.16. The Morgan fingerprint density at radius 2 is 1.73 bits per heavy atom. The van der Waals surface area contributed by atoms with Crippen LogP contribution < -0.4 is 10.6 Å². The van der Waals surface area contributed by atoms with Crippen molar-refractivity contribution in [2.45, 2.75) is 19.6 Å². The standard InChI is InChI=1S/C19H22F3N3O/c1-3-23-19(24-11-14-10-16(21)8-9-17(14)22)25-12-18(26-2)13-4-6-15(20)7-5-13/h4-10,18H,3,11-12H2,1-2H3,(H2,23,24,25).